The number of nitrogens with one attached hydrogen (secondary N) is 1. The summed E-state index contributed by atoms with van der Waals surface area (Å²) in [4.78, 5) is 22.4. The minimum absolute atomic E-state index is 0.290. The maximum absolute atomic E-state index is 11.6. The van der Waals surface area contributed by atoms with E-state index in [1.165, 1.54) is 0 Å². The molecule has 1 atom stereocenters. The Kier molecular flexibility index (Phi) is 5.16. The van der Waals surface area contributed by atoms with Crippen molar-refractivity contribution >= 4 is 17.9 Å². The van der Waals surface area contributed by atoms with E-state index in [0.29, 0.717) is 31.5 Å². The largest absolute Gasteiger partial charge is 0.399 e. The van der Waals surface area contributed by atoms with E-state index in [0.717, 1.165) is 5.56 Å². The van der Waals surface area contributed by atoms with Gasteiger partial charge in [0, 0.05) is 18.8 Å². The summed E-state index contributed by atoms with van der Waals surface area (Å²) in [5.74, 6) is -0.965. The van der Waals surface area contributed by atoms with Gasteiger partial charge < -0.3 is 21.6 Å². The lowest BCUT2D eigenvalue weighted by atomic mass is 9.99. The van der Waals surface area contributed by atoms with E-state index in [9.17, 15) is 9.59 Å². The number of anilines is 1. The van der Waals surface area contributed by atoms with Gasteiger partial charge in [0.2, 0.25) is 5.91 Å². The number of benzene rings is 1. The topological polar surface area (TPSA) is 98.2 Å². The maximum atomic E-state index is 11.6. The molecule has 0 bridgehead atoms. The monoisotopic (exact) mass is 235 g/mol. The summed E-state index contributed by atoms with van der Waals surface area (Å²) in [6, 6.07) is 7.11. The van der Waals surface area contributed by atoms with Gasteiger partial charge in [0.15, 0.2) is 0 Å². The van der Waals surface area contributed by atoms with Crippen LogP contribution in [0.4, 0.5) is 5.69 Å². The molecule has 0 saturated heterocycles. The number of hydrogen-bond acceptors (Lipinski definition) is 4. The molecule has 1 unspecified atom stereocenters. The third-order valence-corrected chi connectivity index (χ3v) is 2.38. The lowest BCUT2D eigenvalue weighted by Gasteiger charge is -2.10. The Bertz CT molecular complexity index is 376. The number of aldehydes is 1. The Morgan fingerprint density at radius 3 is 2.53 bits per heavy atom. The molecule has 0 aliphatic rings. The molecule has 5 heteroatoms. The summed E-state index contributed by atoms with van der Waals surface area (Å²) < 4.78 is 0. The van der Waals surface area contributed by atoms with Crippen molar-refractivity contribution in [1.82, 2.24) is 5.32 Å². The highest BCUT2D eigenvalue weighted by atomic mass is 16.2. The second-order valence-electron chi connectivity index (χ2n) is 3.77. The minimum Gasteiger partial charge on any atom is -0.399 e. The van der Waals surface area contributed by atoms with Crippen LogP contribution in [-0.4, -0.2) is 25.3 Å². The molecule has 1 aromatic rings. The highest BCUT2D eigenvalue weighted by Crippen LogP contribution is 2.10. The fourth-order valence-electron chi connectivity index (χ4n) is 1.44. The molecule has 0 spiro atoms. The molecule has 0 fully saturated rings. The van der Waals surface area contributed by atoms with Gasteiger partial charge >= 0.3 is 0 Å². The van der Waals surface area contributed by atoms with Gasteiger partial charge in [0.25, 0.3) is 0 Å². The Balaban J connectivity index is 2.60. The van der Waals surface area contributed by atoms with Crippen LogP contribution < -0.4 is 16.8 Å². The molecule has 0 aromatic heterocycles. The first kappa shape index (κ1) is 13.2. The predicted molar refractivity (Wildman–Crippen MR) is 66.2 cm³/mol. The van der Waals surface area contributed by atoms with Crippen molar-refractivity contribution in [1.29, 1.82) is 0 Å². The van der Waals surface area contributed by atoms with Crippen LogP contribution >= 0.6 is 0 Å². The number of amides is 1. The molecule has 17 heavy (non-hydrogen) atoms. The normalized spacial score (nSPS) is 11.8. The van der Waals surface area contributed by atoms with Gasteiger partial charge in [-0.05, 0) is 24.1 Å². The Hall–Kier alpha value is -1.88. The summed E-state index contributed by atoms with van der Waals surface area (Å²) >= 11 is 0. The first-order chi connectivity index (χ1) is 8.17. The number of hydrogen-bond donors (Lipinski definition) is 3. The lowest BCUT2D eigenvalue weighted by Crippen LogP contribution is -2.35. The zero-order valence-corrected chi connectivity index (χ0v) is 9.56. The van der Waals surface area contributed by atoms with E-state index in [4.69, 9.17) is 11.5 Å². The fraction of sp³-hybridized carbons (Fsp3) is 0.333. The van der Waals surface area contributed by atoms with Crippen LogP contribution in [0, 0.1) is 5.92 Å². The van der Waals surface area contributed by atoms with E-state index in [2.05, 4.69) is 5.32 Å². The van der Waals surface area contributed by atoms with Gasteiger partial charge in [0.05, 0.1) is 5.92 Å². The summed E-state index contributed by atoms with van der Waals surface area (Å²) in [6.45, 7) is 0.740. The average molecular weight is 235 g/mol. The first-order valence-electron chi connectivity index (χ1n) is 5.45. The van der Waals surface area contributed by atoms with Crippen molar-refractivity contribution in [3.05, 3.63) is 29.8 Å². The van der Waals surface area contributed by atoms with Crippen molar-refractivity contribution in [3.8, 4) is 0 Å². The zero-order chi connectivity index (χ0) is 12.7. The molecule has 0 heterocycles. The van der Waals surface area contributed by atoms with Gasteiger partial charge in [-0.1, -0.05) is 12.1 Å². The van der Waals surface area contributed by atoms with Crippen molar-refractivity contribution in [3.63, 3.8) is 0 Å². The van der Waals surface area contributed by atoms with Crippen LogP contribution in [0.1, 0.15) is 5.56 Å². The van der Waals surface area contributed by atoms with Gasteiger partial charge in [-0.25, -0.2) is 0 Å². The van der Waals surface area contributed by atoms with E-state index >= 15 is 0 Å². The van der Waals surface area contributed by atoms with Crippen LogP contribution in [0.3, 0.4) is 0 Å². The van der Waals surface area contributed by atoms with E-state index in [1.807, 2.05) is 12.1 Å². The molecule has 92 valence electrons. The molecule has 1 amide bonds. The maximum Gasteiger partial charge on any atom is 0.230 e. The summed E-state index contributed by atoms with van der Waals surface area (Å²) in [5, 5.41) is 2.60. The van der Waals surface area contributed by atoms with Crippen LogP contribution in [0.15, 0.2) is 24.3 Å². The van der Waals surface area contributed by atoms with Gasteiger partial charge in [-0.2, -0.15) is 0 Å². The summed E-state index contributed by atoms with van der Waals surface area (Å²) in [5.41, 5.74) is 12.4. The molecular weight excluding hydrogens is 218 g/mol. The third-order valence-electron chi connectivity index (χ3n) is 2.38. The molecule has 0 aliphatic heterocycles. The predicted octanol–water partition coefficient (Wildman–Crippen LogP) is -0.299. The smallest absolute Gasteiger partial charge is 0.230 e. The van der Waals surface area contributed by atoms with Crippen LogP contribution in [0.5, 0.6) is 0 Å². The lowest BCUT2D eigenvalue weighted by molar-refractivity contribution is -0.128. The fourth-order valence-corrected chi connectivity index (χ4v) is 1.44. The SMILES string of the molecule is NCCNC(=O)C(C=O)Cc1ccc(N)cc1. The zero-order valence-electron chi connectivity index (χ0n) is 9.56. The molecule has 1 aromatic carbocycles. The van der Waals surface area contributed by atoms with Crippen molar-refractivity contribution < 1.29 is 9.59 Å². The minimum atomic E-state index is -0.676. The van der Waals surface area contributed by atoms with E-state index < -0.39 is 5.92 Å². The first-order valence-corrected chi connectivity index (χ1v) is 5.45. The molecule has 0 saturated carbocycles. The molecular formula is C12H17N3O2. The standard InChI is InChI=1S/C12H17N3O2/c13-5-6-15-12(17)10(8-16)7-9-1-3-11(14)4-2-9/h1-4,8,10H,5-7,13-14H2,(H,15,17). The number of nitrogen functional groups attached to an aromatic ring is 1. The molecule has 0 aliphatic carbocycles. The van der Waals surface area contributed by atoms with Gasteiger partial charge in [0.1, 0.15) is 6.29 Å². The van der Waals surface area contributed by atoms with Crippen molar-refractivity contribution in [2.45, 2.75) is 6.42 Å². The number of nitrogens with two attached hydrogens (primary N) is 2. The molecule has 0 radical (unpaired) electrons. The Labute approximate surface area is 100 Å². The quantitative estimate of drug-likeness (QED) is 0.358. The van der Waals surface area contributed by atoms with Crippen molar-refractivity contribution in [2.24, 2.45) is 11.7 Å². The van der Waals surface area contributed by atoms with E-state index in [1.54, 1.807) is 12.1 Å². The highest BCUT2D eigenvalue weighted by molar-refractivity contribution is 5.91. The number of carbonyl (C=O) groups excluding carboxylic acids is 2. The average Bonchev–Trinajstić information content (AvgIpc) is 2.35. The Morgan fingerprint density at radius 2 is 2.00 bits per heavy atom. The summed E-state index contributed by atoms with van der Waals surface area (Å²) in [6.07, 6.45) is 1.03. The van der Waals surface area contributed by atoms with Crippen LogP contribution in [0.25, 0.3) is 0 Å². The van der Waals surface area contributed by atoms with Crippen molar-refractivity contribution in [2.75, 3.05) is 18.8 Å². The number of rotatable bonds is 6. The van der Waals surface area contributed by atoms with E-state index in [-0.39, 0.29) is 5.91 Å². The van der Waals surface area contributed by atoms with Gasteiger partial charge in [-0.3, -0.25) is 4.79 Å². The summed E-state index contributed by atoms with van der Waals surface area (Å²) in [7, 11) is 0. The molecule has 5 N–H and O–H groups in total. The van der Waals surface area contributed by atoms with Crippen LogP contribution in [-0.2, 0) is 16.0 Å². The Morgan fingerprint density at radius 1 is 1.35 bits per heavy atom. The van der Waals surface area contributed by atoms with Gasteiger partial charge in [-0.15, -0.1) is 0 Å². The second kappa shape index (κ2) is 6.65. The molecule has 1 rings (SSSR count). The second-order valence-corrected chi connectivity index (χ2v) is 3.77. The van der Waals surface area contributed by atoms with Crippen LogP contribution in [0.2, 0.25) is 0 Å². The highest BCUT2D eigenvalue weighted by Gasteiger charge is 2.17. The third kappa shape index (κ3) is 4.24. The number of carbonyl (C=O) groups is 2. The molecule has 5 nitrogen and oxygen atoms in total.